The first-order chi connectivity index (χ1) is 8.65. The number of halogens is 1. The molecule has 1 saturated carbocycles. The summed E-state index contributed by atoms with van der Waals surface area (Å²) in [6.07, 6.45) is 6.59. The Morgan fingerprint density at radius 1 is 1.33 bits per heavy atom. The maximum absolute atomic E-state index is 12.0. The van der Waals surface area contributed by atoms with E-state index >= 15 is 0 Å². The second-order valence-corrected chi connectivity index (χ2v) is 6.07. The highest BCUT2D eigenvalue weighted by Gasteiger charge is 2.16. The van der Waals surface area contributed by atoms with Gasteiger partial charge in [0.2, 0.25) is 5.91 Å². The molecule has 1 aliphatic rings. The summed E-state index contributed by atoms with van der Waals surface area (Å²) in [5, 5.41) is 3.16. The second-order valence-electron chi connectivity index (χ2n) is 5.15. The van der Waals surface area contributed by atoms with Crippen LogP contribution in [0, 0.1) is 6.92 Å². The predicted octanol–water partition coefficient (Wildman–Crippen LogP) is 3.75. The lowest BCUT2D eigenvalue weighted by molar-refractivity contribution is -0.121. The van der Waals surface area contributed by atoms with Crippen LogP contribution in [-0.2, 0) is 11.2 Å². The highest BCUT2D eigenvalue weighted by Crippen LogP contribution is 2.19. The second kappa shape index (κ2) is 6.37. The summed E-state index contributed by atoms with van der Waals surface area (Å²) in [5.41, 5.74) is 2.29. The Balaban J connectivity index is 1.92. The molecule has 2 rings (SSSR count). The van der Waals surface area contributed by atoms with Gasteiger partial charge in [-0.1, -0.05) is 41.3 Å². The molecule has 2 nitrogen and oxygen atoms in total. The van der Waals surface area contributed by atoms with E-state index in [9.17, 15) is 4.79 Å². The summed E-state index contributed by atoms with van der Waals surface area (Å²) in [4.78, 5) is 12.0. The third-order valence-corrected chi connectivity index (χ3v) is 4.13. The fraction of sp³-hybridized carbons (Fsp3) is 0.533. The topological polar surface area (TPSA) is 29.1 Å². The van der Waals surface area contributed by atoms with E-state index in [1.54, 1.807) is 0 Å². The minimum absolute atomic E-state index is 0.156. The lowest BCUT2D eigenvalue weighted by Crippen LogP contribution is -2.37. The zero-order valence-electron chi connectivity index (χ0n) is 10.8. The lowest BCUT2D eigenvalue weighted by atomic mass is 9.95. The molecule has 3 heteroatoms. The summed E-state index contributed by atoms with van der Waals surface area (Å²) < 4.78 is 1.04. The van der Waals surface area contributed by atoms with Crippen molar-refractivity contribution in [2.24, 2.45) is 0 Å². The number of amides is 1. The van der Waals surface area contributed by atoms with E-state index in [0.29, 0.717) is 12.5 Å². The Labute approximate surface area is 117 Å². The van der Waals surface area contributed by atoms with Gasteiger partial charge in [-0.05, 0) is 43.0 Å². The van der Waals surface area contributed by atoms with Gasteiger partial charge < -0.3 is 5.32 Å². The van der Waals surface area contributed by atoms with Crippen LogP contribution in [0.25, 0.3) is 0 Å². The van der Waals surface area contributed by atoms with Gasteiger partial charge >= 0.3 is 0 Å². The van der Waals surface area contributed by atoms with Gasteiger partial charge in [0.1, 0.15) is 0 Å². The highest BCUT2D eigenvalue weighted by molar-refractivity contribution is 9.10. The van der Waals surface area contributed by atoms with Crippen molar-refractivity contribution in [3.8, 4) is 0 Å². The third-order valence-electron chi connectivity index (χ3n) is 3.63. The molecule has 0 heterocycles. The monoisotopic (exact) mass is 309 g/mol. The minimum Gasteiger partial charge on any atom is -0.353 e. The van der Waals surface area contributed by atoms with Gasteiger partial charge in [0, 0.05) is 10.5 Å². The van der Waals surface area contributed by atoms with Gasteiger partial charge in [-0.15, -0.1) is 0 Å². The summed E-state index contributed by atoms with van der Waals surface area (Å²) in [7, 11) is 0. The Morgan fingerprint density at radius 2 is 2.06 bits per heavy atom. The lowest BCUT2D eigenvalue weighted by Gasteiger charge is -2.22. The molecule has 98 valence electrons. The number of hydrogen-bond donors (Lipinski definition) is 1. The van der Waals surface area contributed by atoms with Crippen LogP contribution < -0.4 is 5.32 Å². The van der Waals surface area contributed by atoms with E-state index < -0.39 is 0 Å². The largest absolute Gasteiger partial charge is 0.353 e. The van der Waals surface area contributed by atoms with E-state index in [2.05, 4.69) is 28.2 Å². The standard InChI is InChI=1S/C15H20BrNO/c1-11-7-8-13(16)9-12(11)10-15(18)17-14-5-3-2-4-6-14/h7-9,14H,2-6,10H2,1H3,(H,17,18). The maximum atomic E-state index is 12.0. The summed E-state index contributed by atoms with van der Waals surface area (Å²) >= 11 is 3.45. The van der Waals surface area contributed by atoms with Crippen LogP contribution in [0.1, 0.15) is 43.2 Å². The predicted molar refractivity (Wildman–Crippen MR) is 77.6 cm³/mol. The molecule has 0 aliphatic heterocycles. The molecular weight excluding hydrogens is 290 g/mol. The van der Waals surface area contributed by atoms with Gasteiger partial charge in [-0.25, -0.2) is 0 Å². The van der Waals surface area contributed by atoms with Crippen LogP contribution in [0.5, 0.6) is 0 Å². The fourth-order valence-corrected chi connectivity index (χ4v) is 2.94. The normalized spacial score (nSPS) is 16.6. The van der Waals surface area contributed by atoms with E-state index in [1.165, 1.54) is 24.8 Å². The average Bonchev–Trinajstić information content (AvgIpc) is 2.35. The quantitative estimate of drug-likeness (QED) is 0.905. The van der Waals surface area contributed by atoms with Crippen molar-refractivity contribution < 1.29 is 4.79 Å². The van der Waals surface area contributed by atoms with E-state index in [0.717, 1.165) is 22.9 Å². The Morgan fingerprint density at radius 3 is 2.78 bits per heavy atom. The number of rotatable bonds is 3. The van der Waals surface area contributed by atoms with Gasteiger partial charge in [0.15, 0.2) is 0 Å². The first-order valence-electron chi connectivity index (χ1n) is 6.69. The molecule has 0 aromatic heterocycles. The van der Waals surface area contributed by atoms with Gasteiger partial charge in [-0.2, -0.15) is 0 Å². The molecule has 1 aromatic rings. The Bertz CT molecular complexity index is 425. The third kappa shape index (κ3) is 3.84. The van der Waals surface area contributed by atoms with Crippen molar-refractivity contribution in [1.82, 2.24) is 5.32 Å². The first kappa shape index (κ1) is 13.6. The molecule has 0 unspecified atom stereocenters. The van der Waals surface area contributed by atoms with Crippen LogP contribution in [0.2, 0.25) is 0 Å². The molecule has 18 heavy (non-hydrogen) atoms. The van der Waals surface area contributed by atoms with Crippen LogP contribution in [0.4, 0.5) is 0 Å². The van der Waals surface area contributed by atoms with Gasteiger partial charge in [-0.3, -0.25) is 4.79 Å². The van der Waals surface area contributed by atoms with Crippen LogP contribution in [0.15, 0.2) is 22.7 Å². The number of benzene rings is 1. The Kier molecular flexibility index (Phi) is 4.81. The number of aryl methyl sites for hydroxylation is 1. The van der Waals surface area contributed by atoms with E-state index in [4.69, 9.17) is 0 Å². The number of hydrogen-bond acceptors (Lipinski definition) is 1. The molecule has 1 aromatic carbocycles. The van der Waals surface area contributed by atoms with Crippen LogP contribution in [0.3, 0.4) is 0 Å². The number of nitrogens with one attached hydrogen (secondary N) is 1. The average molecular weight is 310 g/mol. The molecule has 0 saturated heterocycles. The first-order valence-corrected chi connectivity index (χ1v) is 7.49. The molecule has 0 radical (unpaired) electrons. The van der Waals surface area contributed by atoms with Crippen molar-refractivity contribution in [2.75, 3.05) is 0 Å². The maximum Gasteiger partial charge on any atom is 0.224 e. The zero-order valence-corrected chi connectivity index (χ0v) is 12.4. The Hall–Kier alpha value is -0.830. The van der Waals surface area contributed by atoms with Crippen LogP contribution in [-0.4, -0.2) is 11.9 Å². The van der Waals surface area contributed by atoms with Crippen molar-refractivity contribution >= 4 is 21.8 Å². The molecule has 0 spiro atoms. The molecule has 0 bridgehead atoms. The molecule has 1 amide bonds. The molecule has 1 fully saturated rings. The molecule has 1 N–H and O–H groups in total. The summed E-state index contributed by atoms with van der Waals surface area (Å²) in [5.74, 6) is 0.156. The zero-order chi connectivity index (χ0) is 13.0. The van der Waals surface area contributed by atoms with Crippen molar-refractivity contribution in [2.45, 2.75) is 51.5 Å². The minimum atomic E-state index is 0.156. The summed E-state index contributed by atoms with van der Waals surface area (Å²) in [6, 6.07) is 6.50. The van der Waals surface area contributed by atoms with Crippen molar-refractivity contribution in [1.29, 1.82) is 0 Å². The molecule has 0 atom stereocenters. The van der Waals surface area contributed by atoms with Gasteiger partial charge in [0.25, 0.3) is 0 Å². The van der Waals surface area contributed by atoms with Crippen molar-refractivity contribution in [3.63, 3.8) is 0 Å². The highest BCUT2D eigenvalue weighted by atomic mass is 79.9. The molecule has 1 aliphatic carbocycles. The summed E-state index contributed by atoms with van der Waals surface area (Å²) in [6.45, 7) is 2.05. The molecular formula is C15H20BrNO. The number of carbonyl (C=O) groups is 1. The van der Waals surface area contributed by atoms with E-state index in [1.807, 2.05) is 18.2 Å². The van der Waals surface area contributed by atoms with Crippen molar-refractivity contribution in [3.05, 3.63) is 33.8 Å². The SMILES string of the molecule is Cc1ccc(Br)cc1CC(=O)NC1CCCCC1. The van der Waals surface area contributed by atoms with E-state index in [-0.39, 0.29) is 5.91 Å². The fourth-order valence-electron chi connectivity index (χ4n) is 2.53. The van der Waals surface area contributed by atoms with Crippen LogP contribution >= 0.6 is 15.9 Å². The smallest absolute Gasteiger partial charge is 0.224 e. The number of carbonyl (C=O) groups excluding carboxylic acids is 1. The van der Waals surface area contributed by atoms with Gasteiger partial charge in [0.05, 0.1) is 6.42 Å².